The van der Waals surface area contributed by atoms with Crippen molar-refractivity contribution in [2.24, 2.45) is 5.92 Å². The SMILES string of the molecule is Cc1cccc(C(=O)Nc2ccc(N3CCCC(CN4CCCC4)C3)c(C(=O)O)c2)c1. The smallest absolute Gasteiger partial charge is 0.337 e. The lowest BCUT2D eigenvalue weighted by Gasteiger charge is -2.36. The molecule has 2 fully saturated rings. The molecule has 0 aromatic heterocycles. The average Bonchev–Trinajstić information content (AvgIpc) is 3.27. The molecule has 6 heteroatoms. The van der Waals surface area contributed by atoms with Gasteiger partial charge in [0.25, 0.3) is 5.91 Å². The van der Waals surface area contributed by atoms with Crippen molar-refractivity contribution in [2.75, 3.05) is 42.9 Å². The largest absolute Gasteiger partial charge is 0.478 e. The van der Waals surface area contributed by atoms with E-state index in [9.17, 15) is 14.7 Å². The first-order valence-electron chi connectivity index (χ1n) is 11.2. The third kappa shape index (κ3) is 5.25. The molecule has 4 rings (SSSR count). The van der Waals surface area contributed by atoms with E-state index in [4.69, 9.17) is 0 Å². The van der Waals surface area contributed by atoms with Crippen molar-refractivity contribution < 1.29 is 14.7 Å². The summed E-state index contributed by atoms with van der Waals surface area (Å²) in [5.74, 6) is -0.644. The van der Waals surface area contributed by atoms with Gasteiger partial charge in [0.1, 0.15) is 0 Å². The van der Waals surface area contributed by atoms with Crippen LogP contribution < -0.4 is 10.2 Å². The lowest BCUT2D eigenvalue weighted by Crippen LogP contribution is -2.41. The average molecular weight is 422 g/mol. The Morgan fingerprint density at radius 1 is 1.06 bits per heavy atom. The number of aryl methyl sites for hydroxylation is 1. The summed E-state index contributed by atoms with van der Waals surface area (Å²) in [6.45, 7) is 7.16. The molecule has 2 N–H and O–H groups in total. The molecule has 0 aliphatic carbocycles. The van der Waals surface area contributed by atoms with Gasteiger partial charge in [-0.2, -0.15) is 0 Å². The van der Waals surface area contributed by atoms with Gasteiger partial charge in [0.2, 0.25) is 0 Å². The number of amides is 1. The lowest BCUT2D eigenvalue weighted by atomic mass is 9.96. The molecule has 6 nitrogen and oxygen atoms in total. The summed E-state index contributed by atoms with van der Waals surface area (Å²) in [5, 5.41) is 12.7. The van der Waals surface area contributed by atoms with E-state index in [1.807, 2.05) is 31.2 Å². The number of hydrogen-bond donors (Lipinski definition) is 2. The number of carboxylic acids is 1. The molecule has 164 valence electrons. The number of nitrogens with zero attached hydrogens (tertiary/aromatic N) is 2. The number of benzene rings is 2. The number of carbonyl (C=O) groups is 2. The highest BCUT2D eigenvalue weighted by Crippen LogP contribution is 2.30. The third-order valence-electron chi connectivity index (χ3n) is 6.34. The van der Waals surface area contributed by atoms with Crippen LogP contribution >= 0.6 is 0 Å². The second kappa shape index (κ2) is 9.52. The van der Waals surface area contributed by atoms with Crippen LogP contribution in [0.25, 0.3) is 0 Å². The van der Waals surface area contributed by atoms with Crippen molar-refractivity contribution in [1.29, 1.82) is 0 Å². The Morgan fingerprint density at radius 3 is 2.61 bits per heavy atom. The van der Waals surface area contributed by atoms with Crippen molar-refractivity contribution >= 4 is 23.3 Å². The van der Waals surface area contributed by atoms with Crippen LogP contribution in [0.3, 0.4) is 0 Å². The summed E-state index contributed by atoms with van der Waals surface area (Å²) in [6.07, 6.45) is 4.84. The van der Waals surface area contributed by atoms with Gasteiger partial charge in [-0.05, 0) is 81.9 Å². The maximum Gasteiger partial charge on any atom is 0.337 e. The molecule has 31 heavy (non-hydrogen) atoms. The highest BCUT2D eigenvalue weighted by atomic mass is 16.4. The van der Waals surface area contributed by atoms with Gasteiger partial charge in [-0.1, -0.05) is 17.7 Å². The number of rotatable bonds is 6. The Kier molecular flexibility index (Phi) is 6.56. The first kappa shape index (κ1) is 21.4. The van der Waals surface area contributed by atoms with Gasteiger partial charge >= 0.3 is 5.97 Å². The van der Waals surface area contributed by atoms with E-state index in [1.165, 1.54) is 32.4 Å². The van der Waals surface area contributed by atoms with E-state index in [2.05, 4.69) is 15.1 Å². The summed E-state index contributed by atoms with van der Waals surface area (Å²) >= 11 is 0. The summed E-state index contributed by atoms with van der Waals surface area (Å²) in [5.41, 5.74) is 3.04. The van der Waals surface area contributed by atoms with E-state index in [1.54, 1.807) is 18.2 Å². The van der Waals surface area contributed by atoms with Gasteiger partial charge in [-0.3, -0.25) is 4.79 Å². The predicted molar refractivity (Wildman–Crippen MR) is 123 cm³/mol. The van der Waals surface area contributed by atoms with Crippen LogP contribution in [0.4, 0.5) is 11.4 Å². The minimum absolute atomic E-state index is 0.239. The van der Waals surface area contributed by atoms with Gasteiger partial charge in [0.15, 0.2) is 0 Å². The number of anilines is 2. The number of likely N-dealkylation sites (tertiary alicyclic amines) is 1. The molecule has 0 saturated carbocycles. The third-order valence-corrected chi connectivity index (χ3v) is 6.34. The number of aromatic carboxylic acids is 1. The van der Waals surface area contributed by atoms with Gasteiger partial charge in [-0.15, -0.1) is 0 Å². The Bertz CT molecular complexity index is 953. The quantitative estimate of drug-likeness (QED) is 0.729. The van der Waals surface area contributed by atoms with E-state index in [0.717, 1.165) is 37.3 Å². The Morgan fingerprint density at radius 2 is 1.87 bits per heavy atom. The van der Waals surface area contributed by atoms with E-state index in [-0.39, 0.29) is 11.5 Å². The van der Waals surface area contributed by atoms with Crippen LogP contribution in [0.15, 0.2) is 42.5 Å². The van der Waals surface area contributed by atoms with Crippen LogP contribution in [0.5, 0.6) is 0 Å². The zero-order valence-corrected chi connectivity index (χ0v) is 18.1. The van der Waals surface area contributed by atoms with Crippen molar-refractivity contribution in [3.63, 3.8) is 0 Å². The second-order valence-corrected chi connectivity index (χ2v) is 8.82. The monoisotopic (exact) mass is 421 g/mol. The van der Waals surface area contributed by atoms with Gasteiger partial charge in [-0.25, -0.2) is 4.79 Å². The maximum absolute atomic E-state index is 12.6. The predicted octanol–water partition coefficient (Wildman–Crippen LogP) is 4.26. The van der Waals surface area contributed by atoms with Crippen LogP contribution in [0.1, 0.15) is 52.0 Å². The lowest BCUT2D eigenvalue weighted by molar-refractivity contribution is 0.0697. The highest BCUT2D eigenvalue weighted by molar-refractivity contribution is 6.05. The number of nitrogens with one attached hydrogen (secondary N) is 1. The summed E-state index contributed by atoms with van der Waals surface area (Å²) in [7, 11) is 0. The minimum atomic E-state index is -0.969. The Labute approximate surface area is 183 Å². The van der Waals surface area contributed by atoms with Crippen molar-refractivity contribution in [3.05, 3.63) is 59.2 Å². The van der Waals surface area contributed by atoms with Crippen molar-refractivity contribution in [2.45, 2.75) is 32.6 Å². The number of carboxylic acid groups (broad SMARTS) is 1. The minimum Gasteiger partial charge on any atom is -0.478 e. The highest BCUT2D eigenvalue weighted by Gasteiger charge is 2.26. The molecular formula is C25H31N3O3. The first-order chi connectivity index (χ1) is 15.0. The first-order valence-corrected chi connectivity index (χ1v) is 11.2. The fourth-order valence-electron chi connectivity index (χ4n) is 4.81. The van der Waals surface area contributed by atoms with Crippen molar-refractivity contribution in [3.8, 4) is 0 Å². The topological polar surface area (TPSA) is 72.9 Å². The summed E-state index contributed by atoms with van der Waals surface area (Å²) in [4.78, 5) is 29.3. The standard InChI is InChI=1S/C25H31N3O3/c1-18-6-4-8-20(14-18)24(29)26-21-9-10-23(22(15-21)25(30)31)28-13-5-7-19(17-28)16-27-11-2-3-12-27/h4,6,8-10,14-15,19H,2-3,5,7,11-13,16-17H2,1H3,(H,26,29)(H,30,31). The van der Waals surface area contributed by atoms with Gasteiger partial charge < -0.3 is 20.2 Å². The van der Waals surface area contributed by atoms with Crippen LogP contribution in [-0.4, -0.2) is 54.6 Å². The molecule has 2 heterocycles. The number of hydrogen-bond acceptors (Lipinski definition) is 4. The molecule has 1 unspecified atom stereocenters. The molecular weight excluding hydrogens is 390 g/mol. The summed E-state index contributed by atoms with van der Waals surface area (Å²) in [6, 6.07) is 12.6. The normalized spacial score (nSPS) is 19.4. The van der Waals surface area contributed by atoms with E-state index in [0.29, 0.717) is 17.2 Å². The number of carbonyl (C=O) groups excluding carboxylic acids is 1. The zero-order chi connectivity index (χ0) is 21.8. The van der Waals surface area contributed by atoms with Gasteiger partial charge in [0, 0.05) is 30.9 Å². The van der Waals surface area contributed by atoms with Crippen LogP contribution in [0, 0.1) is 12.8 Å². The van der Waals surface area contributed by atoms with E-state index < -0.39 is 5.97 Å². The maximum atomic E-state index is 12.6. The zero-order valence-electron chi connectivity index (χ0n) is 18.1. The fraction of sp³-hybridized carbons (Fsp3) is 0.440. The molecule has 0 radical (unpaired) electrons. The van der Waals surface area contributed by atoms with Crippen molar-refractivity contribution in [1.82, 2.24) is 4.90 Å². The molecule has 2 aromatic rings. The number of piperidine rings is 1. The van der Waals surface area contributed by atoms with Crippen LogP contribution in [0.2, 0.25) is 0 Å². The molecule has 2 saturated heterocycles. The fourth-order valence-corrected chi connectivity index (χ4v) is 4.81. The summed E-state index contributed by atoms with van der Waals surface area (Å²) < 4.78 is 0. The molecule has 2 aliphatic rings. The van der Waals surface area contributed by atoms with Gasteiger partial charge in [0.05, 0.1) is 11.3 Å². The van der Waals surface area contributed by atoms with E-state index >= 15 is 0 Å². The molecule has 1 atom stereocenters. The molecule has 0 bridgehead atoms. The molecule has 0 spiro atoms. The molecule has 2 aliphatic heterocycles. The Balaban J connectivity index is 1.49. The van der Waals surface area contributed by atoms with Crippen LogP contribution in [-0.2, 0) is 0 Å². The second-order valence-electron chi connectivity index (χ2n) is 8.82. The molecule has 2 aromatic carbocycles. The Hall–Kier alpha value is -2.86. The molecule has 1 amide bonds.